The van der Waals surface area contributed by atoms with E-state index < -0.39 is 0 Å². The van der Waals surface area contributed by atoms with Crippen LogP contribution in [0.1, 0.15) is 25.7 Å². The molecule has 1 saturated carbocycles. The lowest BCUT2D eigenvalue weighted by molar-refractivity contribution is 0.220. The van der Waals surface area contributed by atoms with Crippen LogP contribution in [0.3, 0.4) is 0 Å². The molecule has 0 atom stereocenters. The van der Waals surface area contributed by atoms with E-state index in [2.05, 4.69) is 21.2 Å². The Kier molecular flexibility index (Phi) is 1.72. The summed E-state index contributed by atoms with van der Waals surface area (Å²) in [6.07, 6.45) is 7.42. The van der Waals surface area contributed by atoms with Crippen molar-refractivity contribution >= 4 is 5.82 Å². The third-order valence-corrected chi connectivity index (χ3v) is 3.60. The van der Waals surface area contributed by atoms with Crippen LogP contribution in [-0.2, 0) is 0 Å². The topological polar surface area (TPSA) is 29.0 Å². The minimum atomic E-state index is 0.650. The average molecular weight is 189 g/mol. The van der Waals surface area contributed by atoms with Gasteiger partial charge < -0.3 is 4.90 Å². The van der Waals surface area contributed by atoms with E-state index in [0.717, 1.165) is 5.82 Å². The molecule has 3 nitrogen and oxygen atoms in total. The second kappa shape index (κ2) is 2.94. The van der Waals surface area contributed by atoms with Crippen LogP contribution in [-0.4, -0.2) is 23.3 Å². The fourth-order valence-corrected chi connectivity index (χ4v) is 2.83. The van der Waals surface area contributed by atoms with Crippen LogP contribution in [0.5, 0.6) is 0 Å². The largest absolute Gasteiger partial charge is 0.354 e. The summed E-state index contributed by atoms with van der Waals surface area (Å²) in [6, 6.07) is 4.01. The number of anilines is 1. The van der Waals surface area contributed by atoms with Crippen LogP contribution >= 0.6 is 0 Å². The van der Waals surface area contributed by atoms with E-state index in [1.54, 1.807) is 6.20 Å². The van der Waals surface area contributed by atoms with Crippen molar-refractivity contribution in [2.24, 2.45) is 5.41 Å². The number of hydrogen-bond donors (Lipinski definition) is 0. The van der Waals surface area contributed by atoms with Crippen LogP contribution in [0, 0.1) is 5.41 Å². The first-order chi connectivity index (χ1) is 6.88. The van der Waals surface area contributed by atoms with Gasteiger partial charge in [0.05, 0.1) is 0 Å². The zero-order chi connectivity index (χ0) is 9.43. The molecule has 0 unspecified atom stereocenters. The smallest absolute Gasteiger partial charge is 0.151 e. The molecule has 0 aromatic carbocycles. The third-order valence-electron chi connectivity index (χ3n) is 3.60. The Balaban J connectivity index is 1.69. The van der Waals surface area contributed by atoms with Crippen LogP contribution in [0.15, 0.2) is 18.3 Å². The normalized spacial score (nSPS) is 23.9. The van der Waals surface area contributed by atoms with Crippen molar-refractivity contribution in [3.05, 3.63) is 18.3 Å². The Labute approximate surface area is 84.1 Å². The second-order valence-electron chi connectivity index (χ2n) is 4.65. The maximum atomic E-state index is 4.13. The van der Waals surface area contributed by atoms with Gasteiger partial charge in [0.25, 0.3) is 0 Å². The maximum Gasteiger partial charge on any atom is 0.151 e. The van der Waals surface area contributed by atoms with E-state index >= 15 is 0 Å². The lowest BCUT2D eigenvalue weighted by Gasteiger charge is -2.48. The predicted molar refractivity (Wildman–Crippen MR) is 55.1 cm³/mol. The Morgan fingerprint density at radius 2 is 2.00 bits per heavy atom. The first-order valence-corrected chi connectivity index (χ1v) is 5.41. The van der Waals surface area contributed by atoms with Crippen molar-refractivity contribution in [1.82, 2.24) is 10.2 Å². The van der Waals surface area contributed by atoms with Crippen molar-refractivity contribution in [2.45, 2.75) is 25.7 Å². The van der Waals surface area contributed by atoms with Crippen molar-refractivity contribution in [3.8, 4) is 0 Å². The molecule has 0 amide bonds. The van der Waals surface area contributed by atoms with Crippen molar-refractivity contribution < 1.29 is 0 Å². The van der Waals surface area contributed by atoms with E-state index in [4.69, 9.17) is 0 Å². The molecule has 2 heterocycles. The Hall–Kier alpha value is -1.12. The lowest BCUT2D eigenvalue weighted by Crippen LogP contribution is -2.55. The van der Waals surface area contributed by atoms with E-state index in [1.165, 1.54) is 38.8 Å². The molecular weight excluding hydrogens is 174 g/mol. The predicted octanol–water partition coefficient (Wildman–Crippen LogP) is 1.86. The fraction of sp³-hybridized carbons (Fsp3) is 0.636. The molecule has 2 aliphatic rings. The van der Waals surface area contributed by atoms with Crippen molar-refractivity contribution in [2.75, 3.05) is 18.0 Å². The highest BCUT2D eigenvalue weighted by Crippen LogP contribution is 2.46. The van der Waals surface area contributed by atoms with Gasteiger partial charge in [0.2, 0.25) is 0 Å². The number of nitrogens with zero attached hydrogens (tertiary/aromatic N) is 3. The highest BCUT2D eigenvalue weighted by molar-refractivity contribution is 5.41. The van der Waals surface area contributed by atoms with Gasteiger partial charge in [0, 0.05) is 24.7 Å². The number of rotatable bonds is 1. The number of hydrogen-bond acceptors (Lipinski definition) is 3. The van der Waals surface area contributed by atoms with Gasteiger partial charge in [0.15, 0.2) is 5.82 Å². The molecule has 1 aliphatic carbocycles. The molecule has 0 radical (unpaired) electrons. The molecule has 74 valence electrons. The zero-order valence-electron chi connectivity index (χ0n) is 8.32. The molecule has 2 fully saturated rings. The molecule has 14 heavy (non-hydrogen) atoms. The van der Waals surface area contributed by atoms with Gasteiger partial charge >= 0.3 is 0 Å². The van der Waals surface area contributed by atoms with Gasteiger partial charge in [-0.2, -0.15) is 5.10 Å². The summed E-state index contributed by atoms with van der Waals surface area (Å²) in [7, 11) is 0. The molecular formula is C11H15N3. The summed E-state index contributed by atoms with van der Waals surface area (Å²) in [4.78, 5) is 2.35. The molecule has 3 rings (SSSR count). The summed E-state index contributed by atoms with van der Waals surface area (Å²) < 4.78 is 0. The van der Waals surface area contributed by atoms with Gasteiger partial charge in [-0.25, -0.2) is 0 Å². The van der Waals surface area contributed by atoms with E-state index in [1.807, 2.05) is 6.07 Å². The Morgan fingerprint density at radius 3 is 2.64 bits per heavy atom. The quantitative estimate of drug-likeness (QED) is 0.675. The zero-order valence-corrected chi connectivity index (χ0v) is 8.32. The minimum Gasteiger partial charge on any atom is -0.354 e. The van der Waals surface area contributed by atoms with Crippen LogP contribution < -0.4 is 4.90 Å². The van der Waals surface area contributed by atoms with Gasteiger partial charge in [0.1, 0.15) is 0 Å². The summed E-state index contributed by atoms with van der Waals surface area (Å²) in [5.74, 6) is 1.05. The molecule has 3 heteroatoms. The van der Waals surface area contributed by atoms with Crippen LogP contribution in [0.25, 0.3) is 0 Å². The SMILES string of the molecule is c1cnnc(N2CC3(CCCC3)C2)c1. The molecule has 0 N–H and O–H groups in total. The van der Waals surface area contributed by atoms with E-state index in [9.17, 15) is 0 Å². The molecule has 1 spiro atoms. The highest BCUT2D eigenvalue weighted by Gasteiger charge is 2.45. The summed E-state index contributed by atoms with van der Waals surface area (Å²) in [5.41, 5.74) is 0.650. The molecule has 1 aliphatic heterocycles. The first-order valence-electron chi connectivity index (χ1n) is 5.41. The molecule has 1 saturated heterocycles. The highest BCUT2D eigenvalue weighted by atomic mass is 15.3. The maximum absolute atomic E-state index is 4.13. The standard InChI is InChI=1S/C11H15N3/c1-2-6-11(5-1)8-14(9-11)10-4-3-7-12-13-10/h3-4,7H,1-2,5-6,8-9H2. The summed E-state index contributed by atoms with van der Waals surface area (Å²) >= 11 is 0. The van der Waals surface area contributed by atoms with Crippen LogP contribution in [0.4, 0.5) is 5.82 Å². The van der Waals surface area contributed by atoms with E-state index in [0.29, 0.717) is 5.41 Å². The molecule has 1 aromatic rings. The molecule has 1 aromatic heterocycles. The molecule has 0 bridgehead atoms. The van der Waals surface area contributed by atoms with Crippen molar-refractivity contribution in [1.29, 1.82) is 0 Å². The minimum absolute atomic E-state index is 0.650. The fourth-order valence-electron chi connectivity index (χ4n) is 2.83. The summed E-state index contributed by atoms with van der Waals surface area (Å²) in [5, 5.41) is 8.04. The Morgan fingerprint density at radius 1 is 1.21 bits per heavy atom. The monoisotopic (exact) mass is 189 g/mol. The van der Waals surface area contributed by atoms with Crippen molar-refractivity contribution in [3.63, 3.8) is 0 Å². The average Bonchev–Trinajstić information content (AvgIpc) is 2.65. The Bertz CT molecular complexity index is 309. The van der Waals surface area contributed by atoms with Gasteiger partial charge in [-0.15, -0.1) is 5.10 Å². The lowest BCUT2D eigenvalue weighted by atomic mass is 9.78. The van der Waals surface area contributed by atoms with E-state index in [-0.39, 0.29) is 0 Å². The summed E-state index contributed by atoms with van der Waals surface area (Å²) in [6.45, 7) is 2.40. The van der Waals surface area contributed by atoms with Gasteiger partial charge in [-0.05, 0) is 25.0 Å². The van der Waals surface area contributed by atoms with Crippen LogP contribution in [0.2, 0.25) is 0 Å². The van der Waals surface area contributed by atoms with Gasteiger partial charge in [-0.3, -0.25) is 0 Å². The third kappa shape index (κ3) is 1.19. The first kappa shape index (κ1) is 8.21. The second-order valence-corrected chi connectivity index (χ2v) is 4.65. The van der Waals surface area contributed by atoms with Gasteiger partial charge in [-0.1, -0.05) is 12.8 Å². The number of aromatic nitrogens is 2.